The molecule has 1 aromatic carbocycles. The van der Waals surface area contributed by atoms with Gasteiger partial charge in [-0.3, -0.25) is 14.7 Å². The molecule has 0 saturated heterocycles. The van der Waals surface area contributed by atoms with Crippen LogP contribution in [0, 0.1) is 0 Å². The number of aromatic nitrogens is 2. The first kappa shape index (κ1) is 19.1. The maximum atomic E-state index is 12.5. The largest absolute Gasteiger partial charge is 0.348 e. The van der Waals surface area contributed by atoms with Crippen LogP contribution in [0.25, 0.3) is 0 Å². The molecule has 1 heterocycles. The molecule has 0 radical (unpaired) electrons. The van der Waals surface area contributed by atoms with Crippen molar-refractivity contribution in [2.24, 2.45) is 0 Å². The Balaban J connectivity index is 2.08. The van der Waals surface area contributed by atoms with E-state index < -0.39 is 0 Å². The Morgan fingerprint density at radius 2 is 2.04 bits per heavy atom. The van der Waals surface area contributed by atoms with Crippen LogP contribution >= 0.6 is 15.9 Å². The van der Waals surface area contributed by atoms with Crippen molar-refractivity contribution in [2.45, 2.75) is 25.8 Å². The molecule has 134 valence electrons. The summed E-state index contributed by atoms with van der Waals surface area (Å²) in [5.41, 5.74) is 1.00. The van der Waals surface area contributed by atoms with Gasteiger partial charge >= 0.3 is 0 Å². The Labute approximate surface area is 155 Å². The van der Waals surface area contributed by atoms with E-state index in [4.69, 9.17) is 0 Å². The minimum atomic E-state index is -0.315. The SMILES string of the molecule is CCC(CCNC)NC(=O)c1n[nH]cc1NC(=O)c1ccccc1Br. The van der Waals surface area contributed by atoms with E-state index in [1.165, 1.54) is 6.20 Å². The van der Waals surface area contributed by atoms with Gasteiger partial charge in [0, 0.05) is 16.7 Å². The van der Waals surface area contributed by atoms with E-state index in [0.29, 0.717) is 15.7 Å². The van der Waals surface area contributed by atoms with Crippen LogP contribution in [0.3, 0.4) is 0 Å². The maximum absolute atomic E-state index is 12.5. The normalized spacial score (nSPS) is 11.8. The van der Waals surface area contributed by atoms with Crippen molar-refractivity contribution in [1.29, 1.82) is 0 Å². The molecule has 0 saturated carbocycles. The minimum absolute atomic E-state index is 0.0449. The molecule has 25 heavy (non-hydrogen) atoms. The quantitative estimate of drug-likeness (QED) is 0.540. The average Bonchev–Trinajstić information content (AvgIpc) is 3.06. The van der Waals surface area contributed by atoms with Crippen LogP contribution < -0.4 is 16.0 Å². The van der Waals surface area contributed by atoms with Crippen LogP contribution in [-0.2, 0) is 0 Å². The van der Waals surface area contributed by atoms with Crippen LogP contribution in [0.1, 0.15) is 40.6 Å². The van der Waals surface area contributed by atoms with Gasteiger partial charge in [-0.1, -0.05) is 19.1 Å². The summed E-state index contributed by atoms with van der Waals surface area (Å²) < 4.78 is 0.681. The Kier molecular flexibility index (Phi) is 7.15. The number of hydrogen-bond donors (Lipinski definition) is 4. The van der Waals surface area contributed by atoms with Crippen LogP contribution in [0.15, 0.2) is 34.9 Å². The number of rotatable bonds is 8. The van der Waals surface area contributed by atoms with Crippen molar-refractivity contribution < 1.29 is 9.59 Å². The molecule has 4 N–H and O–H groups in total. The van der Waals surface area contributed by atoms with Gasteiger partial charge in [-0.05, 0) is 54.5 Å². The average molecular weight is 408 g/mol. The Morgan fingerprint density at radius 1 is 1.28 bits per heavy atom. The molecule has 0 bridgehead atoms. The third-order valence-electron chi connectivity index (χ3n) is 3.79. The fraction of sp³-hybridized carbons (Fsp3) is 0.353. The number of halogens is 1. The van der Waals surface area contributed by atoms with Gasteiger partial charge < -0.3 is 16.0 Å². The second kappa shape index (κ2) is 9.33. The molecular formula is C17H22BrN5O2. The molecule has 1 atom stereocenters. The van der Waals surface area contributed by atoms with Crippen molar-refractivity contribution in [3.05, 3.63) is 46.2 Å². The Hall–Kier alpha value is -2.19. The Bertz CT molecular complexity index is 731. The summed E-state index contributed by atoms with van der Waals surface area (Å²) >= 11 is 3.35. The zero-order chi connectivity index (χ0) is 18.2. The van der Waals surface area contributed by atoms with Gasteiger partial charge in [0.05, 0.1) is 11.3 Å². The number of benzene rings is 1. The minimum Gasteiger partial charge on any atom is -0.348 e. The Morgan fingerprint density at radius 3 is 2.72 bits per heavy atom. The summed E-state index contributed by atoms with van der Waals surface area (Å²) in [5, 5.41) is 15.4. The van der Waals surface area contributed by atoms with Gasteiger partial charge in [0.2, 0.25) is 0 Å². The number of nitrogens with zero attached hydrogens (tertiary/aromatic N) is 1. The van der Waals surface area contributed by atoms with Gasteiger partial charge in [-0.15, -0.1) is 0 Å². The summed E-state index contributed by atoms with van der Waals surface area (Å²) in [4.78, 5) is 24.9. The highest BCUT2D eigenvalue weighted by molar-refractivity contribution is 9.10. The van der Waals surface area contributed by atoms with Gasteiger partial charge in [-0.25, -0.2) is 0 Å². The molecule has 0 aliphatic rings. The second-order valence-electron chi connectivity index (χ2n) is 5.55. The molecule has 2 aromatic rings. The number of hydrogen-bond acceptors (Lipinski definition) is 4. The second-order valence-corrected chi connectivity index (χ2v) is 6.41. The first-order valence-electron chi connectivity index (χ1n) is 8.11. The van der Waals surface area contributed by atoms with E-state index in [-0.39, 0.29) is 23.6 Å². The first-order chi connectivity index (χ1) is 12.1. The molecule has 1 unspecified atom stereocenters. The standard InChI is InChI=1S/C17H22BrN5O2/c1-3-11(8-9-19-2)21-17(25)15-14(10-20-23-15)22-16(24)12-6-4-5-7-13(12)18/h4-7,10-11,19H,3,8-9H2,1-2H3,(H,20,23)(H,21,25)(H,22,24). The fourth-order valence-corrected chi connectivity index (χ4v) is 2.81. The lowest BCUT2D eigenvalue weighted by molar-refractivity contribution is 0.0930. The van der Waals surface area contributed by atoms with E-state index in [1.807, 2.05) is 20.0 Å². The highest BCUT2D eigenvalue weighted by Crippen LogP contribution is 2.19. The van der Waals surface area contributed by atoms with Crippen molar-refractivity contribution in [2.75, 3.05) is 18.9 Å². The zero-order valence-electron chi connectivity index (χ0n) is 14.2. The molecular weight excluding hydrogens is 386 g/mol. The van der Waals surface area contributed by atoms with Crippen LogP contribution in [-0.4, -0.2) is 41.6 Å². The van der Waals surface area contributed by atoms with Gasteiger partial charge in [0.1, 0.15) is 0 Å². The van der Waals surface area contributed by atoms with E-state index in [0.717, 1.165) is 19.4 Å². The van der Waals surface area contributed by atoms with Gasteiger partial charge in [0.25, 0.3) is 11.8 Å². The summed E-state index contributed by atoms with van der Waals surface area (Å²) in [6.45, 7) is 2.83. The van der Waals surface area contributed by atoms with Crippen molar-refractivity contribution in [3.8, 4) is 0 Å². The first-order valence-corrected chi connectivity index (χ1v) is 8.91. The number of amides is 2. The number of carbonyl (C=O) groups is 2. The summed E-state index contributed by atoms with van der Waals surface area (Å²) in [6.07, 6.45) is 3.14. The van der Waals surface area contributed by atoms with Gasteiger partial charge in [0.15, 0.2) is 5.69 Å². The maximum Gasteiger partial charge on any atom is 0.274 e. The highest BCUT2D eigenvalue weighted by Gasteiger charge is 2.20. The van der Waals surface area contributed by atoms with Gasteiger partial charge in [-0.2, -0.15) is 5.10 Å². The zero-order valence-corrected chi connectivity index (χ0v) is 15.8. The number of nitrogens with one attached hydrogen (secondary N) is 4. The topological polar surface area (TPSA) is 98.9 Å². The van der Waals surface area contributed by atoms with E-state index in [1.54, 1.807) is 18.2 Å². The summed E-state index contributed by atoms with van der Waals surface area (Å²) in [6, 6.07) is 7.13. The molecule has 7 nitrogen and oxygen atoms in total. The highest BCUT2D eigenvalue weighted by atomic mass is 79.9. The van der Waals surface area contributed by atoms with Crippen molar-refractivity contribution >= 4 is 33.4 Å². The predicted octanol–water partition coefficient (Wildman–Crippen LogP) is 2.54. The summed E-state index contributed by atoms with van der Waals surface area (Å²) in [5.74, 6) is -0.628. The monoisotopic (exact) mass is 407 g/mol. The van der Waals surface area contributed by atoms with Crippen molar-refractivity contribution in [1.82, 2.24) is 20.8 Å². The van der Waals surface area contributed by atoms with Crippen LogP contribution in [0.2, 0.25) is 0 Å². The van der Waals surface area contributed by atoms with E-state index in [9.17, 15) is 9.59 Å². The molecule has 8 heteroatoms. The molecule has 0 aliphatic heterocycles. The molecule has 1 aromatic heterocycles. The smallest absolute Gasteiger partial charge is 0.274 e. The summed E-state index contributed by atoms with van der Waals surface area (Å²) in [7, 11) is 1.87. The predicted molar refractivity (Wildman–Crippen MR) is 101 cm³/mol. The number of anilines is 1. The number of aromatic amines is 1. The molecule has 0 aliphatic carbocycles. The lowest BCUT2D eigenvalue weighted by Crippen LogP contribution is -2.36. The molecule has 2 amide bonds. The van der Waals surface area contributed by atoms with Crippen molar-refractivity contribution in [3.63, 3.8) is 0 Å². The van der Waals surface area contributed by atoms with E-state index >= 15 is 0 Å². The third-order valence-corrected chi connectivity index (χ3v) is 4.48. The third kappa shape index (κ3) is 5.14. The fourth-order valence-electron chi connectivity index (χ4n) is 2.34. The molecule has 0 spiro atoms. The molecule has 2 rings (SSSR count). The molecule has 0 fully saturated rings. The number of carbonyl (C=O) groups excluding carboxylic acids is 2. The lowest BCUT2D eigenvalue weighted by atomic mass is 10.1. The number of H-pyrrole nitrogens is 1. The van der Waals surface area contributed by atoms with Crippen LogP contribution in [0.5, 0.6) is 0 Å². The van der Waals surface area contributed by atoms with Crippen LogP contribution in [0.4, 0.5) is 5.69 Å². The lowest BCUT2D eigenvalue weighted by Gasteiger charge is -2.16. The van der Waals surface area contributed by atoms with E-state index in [2.05, 4.69) is 42.1 Å².